The first-order valence-corrected chi connectivity index (χ1v) is 9.77. The van der Waals surface area contributed by atoms with Crippen LogP contribution in [0.3, 0.4) is 0 Å². The lowest BCUT2D eigenvalue weighted by Crippen LogP contribution is -2.47. The molecule has 0 bridgehead atoms. The summed E-state index contributed by atoms with van der Waals surface area (Å²) in [6.07, 6.45) is 4.68. The first-order valence-electron chi connectivity index (χ1n) is 8.54. The van der Waals surface area contributed by atoms with E-state index in [2.05, 4.69) is 54.6 Å². The second-order valence-corrected chi connectivity index (χ2v) is 6.54. The maximum Gasteiger partial charge on any atom is 0.194 e. The third-order valence-electron chi connectivity index (χ3n) is 4.05. The van der Waals surface area contributed by atoms with Crippen molar-refractivity contribution in [3.8, 4) is 0 Å². The van der Waals surface area contributed by atoms with Crippen LogP contribution < -0.4 is 5.32 Å². The van der Waals surface area contributed by atoms with Crippen LogP contribution in [0.2, 0.25) is 0 Å². The fourth-order valence-corrected chi connectivity index (χ4v) is 3.20. The van der Waals surface area contributed by atoms with Crippen LogP contribution in [0.15, 0.2) is 34.2 Å². The van der Waals surface area contributed by atoms with Gasteiger partial charge in [0.2, 0.25) is 0 Å². The molecule has 1 aliphatic rings. The normalized spacial score (nSPS) is 16.7. The standard InChI is InChI=1S/C18H29N3OS/c1-4-19-18(21-12-10-16(11-13-21)22-5-2)20-14-15-6-8-17(23-3)9-7-15/h6-9,16H,4-5,10-14H2,1-3H3,(H,19,20). The van der Waals surface area contributed by atoms with E-state index in [9.17, 15) is 0 Å². The van der Waals surface area contributed by atoms with Crippen LogP contribution in [0.5, 0.6) is 0 Å². The molecule has 4 nitrogen and oxygen atoms in total. The van der Waals surface area contributed by atoms with Gasteiger partial charge in [0.25, 0.3) is 0 Å². The third-order valence-corrected chi connectivity index (χ3v) is 4.79. The highest BCUT2D eigenvalue weighted by atomic mass is 32.2. The van der Waals surface area contributed by atoms with Gasteiger partial charge in [-0.2, -0.15) is 0 Å². The van der Waals surface area contributed by atoms with Gasteiger partial charge in [-0.1, -0.05) is 12.1 Å². The van der Waals surface area contributed by atoms with Crippen molar-refractivity contribution in [1.29, 1.82) is 0 Å². The number of hydrogen-bond donors (Lipinski definition) is 1. The molecule has 1 fully saturated rings. The van der Waals surface area contributed by atoms with Crippen molar-refractivity contribution in [1.82, 2.24) is 10.2 Å². The van der Waals surface area contributed by atoms with E-state index in [4.69, 9.17) is 9.73 Å². The molecule has 23 heavy (non-hydrogen) atoms. The second-order valence-electron chi connectivity index (χ2n) is 5.66. The van der Waals surface area contributed by atoms with E-state index in [0.29, 0.717) is 6.10 Å². The van der Waals surface area contributed by atoms with Gasteiger partial charge in [-0.05, 0) is 50.6 Å². The van der Waals surface area contributed by atoms with E-state index in [1.54, 1.807) is 11.8 Å². The zero-order chi connectivity index (χ0) is 16.5. The van der Waals surface area contributed by atoms with Crippen LogP contribution in [0.1, 0.15) is 32.3 Å². The van der Waals surface area contributed by atoms with E-state index in [1.165, 1.54) is 10.5 Å². The van der Waals surface area contributed by atoms with Crippen molar-refractivity contribution in [2.24, 2.45) is 4.99 Å². The number of thioether (sulfide) groups is 1. The Morgan fingerprint density at radius 1 is 1.26 bits per heavy atom. The SMILES string of the molecule is CCNC(=NCc1ccc(SC)cc1)N1CCC(OCC)CC1. The van der Waals surface area contributed by atoms with Gasteiger partial charge >= 0.3 is 0 Å². The molecule has 5 heteroatoms. The van der Waals surface area contributed by atoms with Crippen LogP contribution >= 0.6 is 11.8 Å². The number of guanidine groups is 1. The second kappa shape index (κ2) is 9.83. The zero-order valence-corrected chi connectivity index (χ0v) is 15.4. The molecule has 0 atom stereocenters. The maximum absolute atomic E-state index is 5.73. The summed E-state index contributed by atoms with van der Waals surface area (Å²) in [6.45, 7) is 8.66. The van der Waals surface area contributed by atoms with E-state index in [1.807, 2.05) is 0 Å². The van der Waals surface area contributed by atoms with Gasteiger partial charge in [-0.3, -0.25) is 0 Å². The van der Waals surface area contributed by atoms with Crippen molar-refractivity contribution < 1.29 is 4.74 Å². The van der Waals surface area contributed by atoms with Crippen molar-refractivity contribution in [3.63, 3.8) is 0 Å². The Kier molecular flexibility index (Phi) is 7.76. The highest BCUT2D eigenvalue weighted by molar-refractivity contribution is 7.98. The Morgan fingerprint density at radius 3 is 2.52 bits per heavy atom. The number of piperidine rings is 1. The Labute approximate surface area is 144 Å². The van der Waals surface area contributed by atoms with Gasteiger partial charge in [-0.25, -0.2) is 4.99 Å². The molecule has 1 N–H and O–H groups in total. The molecule has 2 rings (SSSR count). The molecule has 0 radical (unpaired) electrons. The highest BCUT2D eigenvalue weighted by Crippen LogP contribution is 2.16. The molecule has 128 valence electrons. The first-order chi connectivity index (χ1) is 11.3. The highest BCUT2D eigenvalue weighted by Gasteiger charge is 2.21. The summed E-state index contributed by atoms with van der Waals surface area (Å²) in [6, 6.07) is 8.66. The fourth-order valence-electron chi connectivity index (χ4n) is 2.79. The van der Waals surface area contributed by atoms with E-state index < -0.39 is 0 Å². The summed E-state index contributed by atoms with van der Waals surface area (Å²) in [5.41, 5.74) is 1.25. The third kappa shape index (κ3) is 5.74. The van der Waals surface area contributed by atoms with Crippen LogP contribution in [-0.2, 0) is 11.3 Å². The molecule has 0 spiro atoms. The molecule has 1 aromatic rings. The molecule has 0 aliphatic carbocycles. The van der Waals surface area contributed by atoms with Gasteiger partial charge < -0.3 is 15.0 Å². The van der Waals surface area contributed by atoms with Gasteiger partial charge in [0.1, 0.15) is 0 Å². The molecule has 0 unspecified atom stereocenters. The predicted octanol–water partition coefficient (Wildman–Crippen LogP) is 3.37. The summed E-state index contributed by atoms with van der Waals surface area (Å²) in [4.78, 5) is 8.47. The van der Waals surface area contributed by atoms with Crippen molar-refractivity contribution >= 4 is 17.7 Å². The van der Waals surface area contributed by atoms with Gasteiger partial charge in [0.15, 0.2) is 5.96 Å². The molecule has 0 saturated carbocycles. The molecule has 1 heterocycles. The largest absolute Gasteiger partial charge is 0.378 e. The summed E-state index contributed by atoms with van der Waals surface area (Å²) < 4.78 is 5.73. The first kappa shape index (κ1) is 18.1. The Bertz CT molecular complexity index is 482. The van der Waals surface area contributed by atoms with Gasteiger partial charge in [0, 0.05) is 31.1 Å². The molecule has 1 aromatic carbocycles. The molecule has 1 saturated heterocycles. The average Bonchev–Trinajstić information content (AvgIpc) is 2.60. The zero-order valence-electron chi connectivity index (χ0n) is 14.5. The van der Waals surface area contributed by atoms with Gasteiger partial charge in [0.05, 0.1) is 12.6 Å². The smallest absolute Gasteiger partial charge is 0.194 e. The summed E-state index contributed by atoms with van der Waals surface area (Å²) in [7, 11) is 0. The summed E-state index contributed by atoms with van der Waals surface area (Å²) in [5.74, 6) is 1.02. The summed E-state index contributed by atoms with van der Waals surface area (Å²) >= 11 is 1.77. The van der Waals surface area contributed by atoms with E-state index in [0.717, 1.165) is 51.6 Å². The minimum atomic E-state index is 0.415. The number of rotatable bonds is 6. The number of aliphatic imine (C=N–C) groups is 1. The van der Waals surface area contributed by atoms with Crippen LogP contribution in [-0.4, -0.2) is 49.5 Å². The topological polar surface area (TPSA) is 36.9 Å². The number of likely N-dealkylation sites (tertiary alicyclic amines) is 1. The average molecular weight is 336 g/mol. The van der Waals surface area contributed by atoms with Crippen molar-refractivity contribution in [2.45, 2.75) is 44.2 Å². The number of ether oxygens (including phenoxy) is 1. The minimum absolute atomic E-state index is 0.415. The monoisotopic (exact) mass is 335 g/mol. The number of nitrogens with zero attached hydrogens (tertiary/aromatic N) is 2. The van der Waals surface area contributed by atoms with E-state index >= 15 is 0 Å². The maximum atomic E-state index is 5.73. The number of hydrogen-bond acceptors (Lipinski definition) is 3. The molecule has 0 aromatic heterocycles. The quantitative estimate of drug-likeness (QED) is 0.491. The Hall–Kier alpha value is -1.20. The lowest BCUT2D eigenvalue weighted by atomic mass is 10.1. The van der Waals surface area contributed by atoms with Crippen LogP contribution in [0, 0.1) is 0 Å². The minimum Gasteiger partial charge on any atom is -0.378 e. The number of benzene rings is 1. The molecule has 1 aliphatic heterocycles. The molecular weight excluding hydrogens is 306 g/mol. The predicted molar refractivity (Wildman–Crippen MR) is 99.3 cm³/mol. The lowest BCUT2D eigenvalue weighted by Gasteiger charge is -2.34. The number of nitrogens with one attached hydrogen (secondary N) is 1. The van der Waals surface area contributed by atoms with Crippen molar-refractivity contribution in [3.05, 3.63) is 29.8 Å². The van der Waals surface area contributed by atoms with Gasteiger partial charge in [-0.15, -0.1) is 11.8 Å². The van der Waals surface area contributed by atoms with Crippen LogP contribution in [0.4, 0.5) is 0 Å². The fraction of sp³-hybridized carbons (Fsp3) is 0.611. The van der Waals surface area contributed by atoms with Crippen molar-refractivity contribution in [2.75, 3.05) is 32.5 Å². The van der Waals surface area contributed by atoms with E-state index in [-0.39, 0.29) is 0 Å². The molecule has 0 amide bonds. The van der Waals surface area contributed by atoms with Crippen LogP contribution in [0.25, 0.3) is 0 Å². The lowest BCUT2D eigenvalue weighted by molar-refractivity contribution is 0.0263. The molecular formula is C18H29N3OS. The summed E-state index contributed by atoms with van der Waals surface area (Å²) in [5, 5.41) is 3.42. The Morgan fingerprint density at radius 2 is 1.96 bits per heavy atom. The Balaban J connectivity index is 1.94.